The van der Waals surface area contributed by atoms with E-state index in [1.165, 1.54) is 25.0 Å². The fraction of sp³-hybridized carbons (Fsp3) is 0.429. The number of hydrogen-bond donors (Lipinski definition) is 3. The Morgan fingerprint density at radius 1 is 1.42 bits per heavy atom. The van der Waals surface area contributed by atoms with E-state index < -0.39 is 5.97 Å². The molecule has 1 aliphatic carbocycles. The molecule has 2 amide bonds. The van der Waals surface area contributed by atoms with Crippen LogP contribution in [0.1, 0.15) is 30.1 Å². The number of carboxylic acid groups (broad SMARTS) is 1. The molecule has 102 valence electrons. The van der Waals surface area contributed by atoms with E-state index in [2.05, 4.69) is 17.6 Å². The molecule has 5 nitrogen and oxygen atoms in total. The molecule has 1 atom stereocenters. The maximum Gasteiger partial charge on any atom is 0.335 e. The molecule has 1 aromatic carbocycles. The topological polar surface area (TPSA) is 78.4 Å². The highest BCUT2D eigenvalue weighted by Crippen LogP contribution is 2.36. The third kappa shape index (κ3) is 3.98. The number of carbonyl (C=O) groups excluding carboxylic acids is 1. The van der Waals surface area contributed by atoms with Crippen molar-refractivity contribution in [2.24, 2.45) is 11.8 Å². The van der Waals surface area contributed by atoms with Gasteiger partial charge in [-0.15, -0.1) is 0 Å². The van der Waals surface area contributed by atoms with Gasteiger partial charge in [-0.25, -0.2) is 9.59 Å². The molecule has 0 spiro atoms. The molecule has 3 N–H and O–H groups in total. The molecule has 1 aliphatic rings. The predicted octanol–water partition coefficient (Wildman–Crippen LogP) is 2.55. The summed E-state index contributed by atoms with van der Waals surface area (Å²) in [5, 5.41) is 14.3. The van der Waals surface area contributed by atoms with Crippen LogP contribution in [-0.4, -0.2) is 23.7 Å². The van der Waals surface area contributed by atoms with Crippen molar-refractivity contribution in [3.05, 3.63) is 29.8 Å². The van der Waals surface area contributed by atoms with Crippen molar-refractivity contribution < 1.29 is 14.7 Å². The summed E-state index contributed by atoms with van der Waals surface area (Å²) in [7, 11) is 0. The molecular weight excluding hydrogens is 244 g/mol. The van der Waals surface area contributed by atoms with Crippen molar-refractivity contribution in [3.63, 3.8) is 0 Å². The van der Waals surface area contributed by atoms with E-state index in [-0.39, 0.29) is 11.6 Å². The van der Waals surface area contributed by atoms with Crippen molar-refractivity contribution in [1.82, 2.24) is 5.32 Å². The number of benzene rings is 1. The summed E-state index contributed by atoms with van der Waals surface area (Å²) in [5.74, 6) is 0.234. The van der Waals surface area contributed by atoms with Crippen LogP contribution in [0, 0.1) is 11.8 Å². The summed E-state index contributed by atoms with van der Waals surface area (Å²) in [6.45, 7) is 2.78. The maximum absolute atomic E-state index is 11.7. The molecule has 1 unspecified atom stereocenters. The molecule has 0 aromatic heterocycles. The first-order valence-electron chi connectivity index (χ1n) is 6.44. The van der Waals surface area contributed by atoms with Gasteiger partial charge in [0, 0.05) is 12.2 Å². The number of carbonyl (C=O) groups is 2. The summed E-state index contributed by atoms with van der Waals surface area (Å²) < 4.78 is 0. The number of urea groups is 1. The summed E-state index contributed by atoms with van der Waals surface area (Å²) in [5.41, 5.74) is 0.639. The van der Waals surface area contributed by atoms with Gasteiger partial charge in [-0.1, -0.05) is 13.0 Å². The van der Waals surface area contributed by atoms with E-state index in [4.69, 9.17) is 5.11 Å². The number of carboxylic acids is 1. The van der Waals surface area contributed by atoms with Crippen LogP contribution < -0.4 is 10.6 Å². The highest BCUT2D eigenvalue weighted by molar-refractivity contribution is 5.93. The van der Waals surface area contributed by atoms with Crippen molar-refractivity contribution in [2.75, 3.05) is 11.9 Å². The monoisotopic (exact) mass is 262 g/mol. The molecule has 0 heterocycles. The standard InChI is InChI=1S/C14H18N2O3/c1-9(10-5-6-10)8-15-14(19)16-12-4-2-3-11(7-12)13(17)18/h2-4,7,9-10H,5-6,8H2,1H3,(H,17,18)(H2,15,16,19). The Balaban J connectivity index is 1.84. The van der Waals surface area contributed by atoms with E-state index in [0.717, 1.165) is 5.92 Å². The largest absolute Gasteiger partial charge is 0.478 e. The molecule has 19 heavy (non-hydrogen) atoms. The molecule has 1 fully saturated rings. The third-order valence-electron chi connectivity index (χ3n) is 3.38. The second-order valence-electron chi connectivity index (χ2n) is 5.04. The molecule has 0 radical (unpaired) electrons. The van der Waals surface area contributed by atoms with Crippen LogP contribution in [0.15, 0.2) is 24.3 Å². The molecule has 0 saturated heterocycles. The zero-order valence-electron chi connectivity index (χ0n) is 10.8. The Bertz CT molecular complexity index is 483. The van der Waals surface area contributed by atoms with E-state index in [9.17, 15) is 9.59 Å². The lowest BCUT2D eigenvalue weighted by molar-refractivity contribution is 0.0697. The van der Waals surface area contributed by atoms with Gasteiger partial charge in [-0.3, -0.25) is 0 Å². The summed E-state index contributed by atoms with van der Waals surface area (Å²) in [6.07, 6.45) is 2.51. The average molecular weight is 262 g/mol. The zero-order valence-corrected chi connectivity index (χ0v) is 10.8. The van der Waals surface area contributed by atoms with Gasteiger partial charge in [0.15, 0.2) is 0 Å². The van der Waals surface area contributed by atoms with Crippen molar-refractivity contribution >= 4 is 17.7 Å². The van der Waals surface area contributed by atoms with Gasteiger partial charge in [-0.05, 0) is 42.9 Å². The normalized spacial score (nSPS) is 15.6. The van der Waals surface area contributed by atoms with Gasteiger partial charge < -0.3 is 15.7 Å². The number of amides is 2. The first-order chi connectivity index (χ1) is 9.06. The Labute approximate surface area is 112 Å². The van der Waals surface area contributed by atoms with Crippen LogP contribution in [0.5, 0.6) is 0 Å². The summed E-state index contributed by atoms with van der Waals surface area (Å²) in [4.78, 5) is 22.5. The summed E-state index contributed by atoms with van der Waals surface area (Å²) >= 11 is 0. The fourth-order valence-electron chi connectivity index (χ4n) is 1.99. The SMILES string of the molecule is CC(CNC(=O)Nc1cccc(C(=O)O)c1)C1CC1. The first-order valence-corrected chi connectivity index (χ1v) is 6.44. The van der Waals surface area contributed by atoms with E-state index in [1.54, 1.807) is 12.1 Å². The molecule has 1 saturated carbocycles. The first kappa shape index (κ1) is 13.4. The molecule has 5 heteroatoms. The summed E-state index contributed by atoms with van der Waals surface area (Å²) in [6, 6.07) is 5.89. The number of nitrogens with one attached hydrogen (secondary N) is 2. The molecule has 1 aromatic rings. The molecule has 2 rings (SSSR count). The Morgan fingerprint density at radius 3 is 2.79 bits per heavy atom. The van der Waals surface area contributed by atoms with Crippen LogP contribution in [0.2, 0.25) is 0 Å². The average Bonchev–Trinajstić information content (AvgIpc) is 3.20. The van der Waals surface area contributed by atoms with Crippen LogP contribution in [0.4, 0.5) is 10.5 Å². The van der Waals surface area contributed by atoms with Crippen LogP contribution in [-0.2, 0) is 0 Å². The highest BCUT2D eigenvalue weighted by atomic mass is 16.4. The Morgan fingerprint density at radius 2 is 2.16 bits per heavy atom. The van der Waals surface area contributed by atoms with E-state index in [1.807, 2.05) is 0 Å². The van der Waals surface area contributed by atoms with Gasteiger partial charge >= 0.3 is 12.0 Å². The lowest BCUT2D eigenvalue weighted by atomic mass is 10.1. The lowest BCUT2D eigenvalue weighted by Gasteiger charge is -2.12. The van der Waals surface area contributed by atoms with Crippen molar-refractivity contribution in [1.29, 1.82) is 0 Å². The number of hydrogen-bond acceptors (Lipinski definition) is 2. The van der Waals surface area contributed by atoms with Crippen LogP contribution in [0.25, 0.3) is 0 Å². The number of rotatable bonds is 5. The van der Waals surface area contributed by atoms with Crippen molar-refractivity contribution in [2.45, 2.75) is 19.8 Å². The Hall–Kier alpha value is -2.04. The van der Waals surface area contributed by atoms with Gasteiger partial charge in [-0.2, -0.15) is 0 Å². The Kier molecular flexibility index (Phi) is 4.04. The molecular formula is C14H18N2O3. The zero-order chi connectivity index (χ0) is 13.8. The number of aromatic carboxylic acids is 1. The van der Waals surface area contributed by atoms with E-state index >= 15 is 0 Å². The lowest BCUT2D eigenvalue weighted by Crippen LogP contribution is -2.32. The highest BCUT2D eigenvalue weighted by Gasteiger charge is 2.27. The minimum atomic E-state index is -1.01. The van der Waals surface area contributed by atoms with Gasteiger partial charge in [0.25, 0.3) is 0 Å². The minimum Gasteiger partial charge on any atom is -0.478 e. The smallest absolute Gasteiger partial charge is 0.335 e. The van der Waals surface area contributed by atoms with Gasteiger partial charge in [0.1, 0.15) is 0 Å². The van der Waals surface area contributed by atoms with Crippen LogP contribution >= 0.6 is 0 Å². The number of anilines is 1. The maximum atomic E-state index is 11.7. The van der Waals surface area contributed by atoms with E-state index in [0.29, 0.717) is 18.2 Å². The molecule has 0 bridgehead atoms. The van der Waals surface area contributed by atoms with Crippen molar-refractivity contribution in [3.8, 4) is 0 Å². The molecule has 0 aliphatic heterocycles. The van der Waals surface area contributed by atoms with Gasteiger partial charge in [0.2, 0.25) is 0 Å². The quantitative estimate of drug-likeness (QED) is 0.763. The second-order valence-corrected chi connectivity index (χ2v) is 5.04. The minimum absolute atomic E-state index is 0.157. The van der Waals surface area contributed by atoms with Gasteiger partial charge in [0.05, 0.1) is 5.56 Å². The second kappa shape index (κ2) is 5.73. The predicted molar refractivity (Wildman–Crippen MR) is 72.3 cm³/mol. The fourth-order valence-corrected chi connectivity index (χ4v) is 1.99. The van der Waals surface area contributed by atoms with Crippen LogP contribution in [0.3, 0.4) is 0 Å². The third-order valence-corrected chi connectivity index (χ3v) is 3.38.